The monoisotopic (exact) mass is 344 g/mol. The van der Waals surface area contributed by atoms with Gasteiger partial charge in [0.15, 0.2) is 0 Å². The molecular formula is C17H20N4O2S. The molecule has 0 aliphatic carbocycles. The maximum absolute atomic E-state index is 12.6. The molecule has 6 nitrogen and oxygen atoms in total. The van der Waals surface area contributed by atoms with Gasteiger partial charge in [-0.2, -0.15) is 0 Å². The highest BCUT2D eigenvalue weighted by molar-refractivity contribution is 7.17. The largest absolute Gasteiger partial charge is 0.365 e. The highest BCUT2D eigenvalue weighted by Gasteiger charge is 2.26. The van der Waals surface area contributed by atoms with Gasteiger partial charge in [-0.25, -0.2) is 0 Å². The van der Waals surface area contributed by atoms with Crippen molar-refractivity contribution in [2.75, 3.05) is 18.9 Å². The molecular weight excluding hydrogens is 324 g/mol. The van der Waals surface area contributed by atoms with Crippen LogP contribution in [0.15, 0.2) is 12.1 Å². The smallest absolute Gasteiger partial charge is 0.256 e. The molecule has 0 saturated carbocycles. The fourth-order valence-electron chi connectivity index (χ4n) is 3.02. The Morgan fingerprint density at radius 3 is 2.58 bits per heavy atom. The van der Waals surface area contributed by atoms with E-state index in [2.05, 4.69) is 15.2 Å². The summed E-state index contributed by atoms with van der Waals surface area (Å²) in [6, 6.07) is 3.46. The lowest BCUT2D eigenvalue weighted by atomic mass is 10.0. The first-order valence-electron chi connectivity index (χ1n) is 7.74. The second-order valence-electron chi connectivity index (χ2n) is 6.15. The maximum Gasteiger partial charge on any atom is 0.256 e. The molecule has 0 aromatic carbocycles. The number of aromatic nitrogens is 1. The summed E-state index contributed by atoms with van der Waals surface area (Å²) in [6.45, 7) is 5.33. The number of nitrogens with zero attached hydrogens (tertiary/aromatic N) is 2. The van der Waals surface area contributed by atoms with Crippen molar-refractivity contribution in [3.8, 4) is 0 Å². The van der Waals surface area contributed by atoms with Crippen molar-refractivity contribution in [1.82, 2.24) is 9.88 Å². The summed E-state index contributed by atoms with van der Waals surface area (Å²) in [5, 5.41) is 3.41. The molecule has 1 aliphatic rings. The number of hydrogen-bond acceptors (Lipinski definition) is 5. The van der Waals surface area contributed by atoms with Gasteiger partial charge in [-0.05, 0) is 45.0 Å². The topological polar surface area (TPSA) is 88.3 Å². The van der Waals surface area contributed by atoms with Crippen molar-refractivity contribution < 1.29 is 9.59 Å². The van der Waals surface area contributed by atoms with E-state index in [-0.39, 0.29) is 5.91 Å². The Hall–Kier alpha value is -2.25. The molecule has 1 aliphatic heterocycles. The van der Waals surface area contributed by atoms with E-state index in [0.717, 1.165) is 41.3 Å². The van der Waals surface area contributed by atoms with E-state index < -0.39 is 5.91 Å². The third kappa shape index (κ3) is 3.18. The van der Waals surface area contributed by atoms with Gasteiger partial charge in [0, 0.05) is 34.9 Å². The van der Waals surface area contributed by atoms with Crippen LogP contribution in [0, 0.1) is 13.8 Å². The van der Waals surface area contributed by atoms with Gasteiger partial charge < -0.3 is 16.0 Å². The zero-order valence-corrected chi connectivity index (χ0v) is 14.8. The average Bonchev–Trinajstić information content (AvgIpc) is 2.83. The number of primary amides is 1. The number of fused-ring (bicyclic) bond motifs is 1. The molecule has 2 amide bonds. The number of carbonyl (C=O) groups is 2. The SMILES string of the molecule is Cc1cc(C(=O)Nc2sc3c(c2C(N)=O)CCN(C)C3)cc(C)n1. The predicted octanol–water partition coefficient (Wildman–Crippen LogP) is 2.10. The molecule has 3 N–H and O–H groups in total. The highest BCUT2D eigenvalue weighted by atomic mass is 32.1. The molecule has 0 saturated heterocycles. The molecule has 0 bridgehead atoms. The van der Waals surface area contributed by atoms with Crippen molar-refractivity contribution in [3.63, 3.8) is 0 Å². The first-order chi connectivity index (χ1) is 11.3. The van der Waals surface area contributed by atoms with E-state index in [1.807, 2.05) is 20.9 Å². The second kappa shape index (κ2) is 6.33. The summed E-state index contributed by atoms with van der Waals surface area (Å²) < 4.78 is 0. The third-order valence-corrected chi connectivity index (χ3v) is 5.20. The first-order valence-corrected chi connectivity index (χ1v) is 8.56. The third-order valence-electron chi connectivity index (χ3n) is 4.06. The van der Waals surface area contributed by atoms with E-state index >= 15 is 0 Å². The van der Waals surface area contributed by atoms with E-state index in [4.69, 9.17) is 5.73 Å². The summed E-state index contributed by atoms with van der Waals surface area (Å²) >= 11 is 1.44. The van der Waals surface area contributed by atoms with Gasteiger partial charge in [0.25, 0.3) is 11.8 Å². The standard InChI is InChI=1S/C17H20N4O2S/c1-9-6-11(7-10(2)19-9)16(23)20-17-14(15(18)22)12-4-5-21(3)8-13(12)24-17/h6-7H,4-5,8H2,1-3H3,(H2,18,22)(H,20,23). The molecule has 0 spiro atoms. The second-order valence-corrected chi connectivity index (χ2v) is 7.26. The van der Waals surface area contributed by atoms with Gasteiger partial charge in [-0.1, -0.05) is 0 Å². The van der Waals surface area contributed by atoms with E-state index in [9.17, 15) is 9.59 Å². The fraction of sp³-hybridized carbons (Fsp3) is 0.353. The molecule has 126 valence electrons. The van der Waals surface area contributed by atoms with Crippen LogP contribution < -0.4 is 11.1 Å². The summed E-state index contributed by atoms with van der Waals surface area (Å²) in [4.78, 5) is 32.0. The van der Waals surface area contributed by atoms with Crippen molar-refractivity contribution >= 4 is 28.2 Å². The molecule has 0 atom stereocenters. The number of nitrogens with one attached hydrogen (secondary N) is 1. The number of likely N-dealkylation sites (N-methyl/N-ethyl adjacent to an activating group) is 1. The Kier molecular flexibility index (Phi) is 4.38. The Morgan fingerprint density at radius 2 is 1.96 bits per heavy atom. The van der Waals surface area contributed by atoms with Crippen LogP contribution in [-0.4, -0.2) is 35.3 Å². The van der Waals surface area contributed by atoms with Crippen molar-refractivity contribution in [1.29, 1.82) is 0 Å². The lowest BCUT2D eigenvalue weighted by molar-refractivity contribution is 0.1000. The van der Waals surface area contributed by atoms with Crippen molar-refractivity contribution in [3.05, 3.63) is 45.1 Å². The van der Waals surface area contributed by atoms with E-state index in [0.29, 0.717) is 16.1 Å². The van der Waals surface area contributed by atoms with Crippen LogP contribution in [0.4, 0.5) is 5.00 Å². The Morgan fingerprint density at radius 1 is 1.29 bits per heavy atom. The minimum atomic E-state index is -0.491. The number of carbonyl (C=O) groups excluding carboxylic acids is 2. The quantitative estimate of drug-likeness (QED) is 0.892. The Labute approximate surface area is 144 Å². The summed E-state index contributed by atoms with van der Waals surface area (Å²) in [7, 11) is 2.04. The molecule has 2 aromatic heterocycles. The zero-order valence-electron chi connectivity index (χ0n) is 14.0. The molecule has 0 fully saturated rings. The van der Waals surface area contributed by atoms with Gasteiger partial charge in [0.1, 0.15) is 5.00 Å². The van der Waals surface area contributed by atoms with Crippen molar-refractivity contribution in [2.45, 2.75) is 26.8 Å². The number of hydrogen-bond donors (Lipinski definition) is 2. The first kappa shape index (κ1) is 16.6. The zero-order chi connectivity index (χ0) is 17.4. The molecule has 0 radical (unpaired) electrons. The fourth-order valence-corrected chi connectivity index (χ4v) is 4.35. The van der Waals surface area contributed by atoms with Crippen LogP contribution in [0.2, 0.25) is 0 Å². The van der Waals surface area contributed by atoms with Crippen molar-refractivity contribution in [2.24, 2.45) is 5.73 Å². The molecule has 3 rings (SSSR count). The normalized spacial score (nSPS) is 14.3. The van der Waals surface area contributed by atoms with Crippen LogP contribution in [0.25, 0.3) is 0 Å². The van der Waals surface area contributed by atoms with E-state index in [1.54, 1.807) is 12.1 Å². The lowest BCUT2D eigenvalue weighted by Crippen LogP contribution is -2.27. The van der Waals surface area contributed by atoms with Gasteiger partial charge in [0.2, 0.25) is 0 Å². The molecule has 0 unspecified atom stereocenters. The number of pyridine rings is 1. The minimum Gasteiger partial charge on any atom is -0.365 e. The number of aryl methyl sites for hydroxylation is 2. The lowest BCUT2D eigenvalue weighted by Gasteiger charge is -2.22. The Balaban J connectivity index is 1.95. The predicted molar refractivity (Wildman–Crippen MR) is 94.5 cm³/mol. The van der Waals surface area contributed by atoms with Gasteiger partial charge >= 0.3 is 0 Å². The van der Waals surface area contributed by atoms with Gasteiger partial charge in [-0.15, -0.1) is 11.3 Å². The van der Waals surface area contributed by atoms with Crippen LogP contribution in [0.1, 0.15) is 42.5 Å². The van der Waals surface area contributed by atoms with Crippen LogP contribution >= 0.6 is 11.3 Å². The Bertz CT molecular complexity index is 808. The molecule has 2 aromatic rings. The average molecular weight is 344 g/mol. The summed E-state index contributed by atoms with van der Waals surface area (Å²) in [6.07, 6.45) is 0.768. The van der Waals surface area contributed by atoms with Crippen LogP contribution in [0.3, 0.4) is 0 Å². The molecule has 3 heterocycles. The van der Waals surface area contributed by atoms with Gasteiger partial charge in [0.05, 0.1) is 5.56 Å². The van der Waals surface area contributed by atoms with Gasteiger partial charge in [-0.3, -0.25) is 14.6 Å². The minimum absolute atomic E-state index is 0.252. The number of amides is 2. The number of rotatable bonds is 3. The number of nitrogens with two attached hydrogens (primary N) is 1. The summed E-state index contributed by atoms with van der Waals surface area (Å²) in [5.41, 5.74) is 9.09. The number of thiophene rings is 1. The van der Waals surface area contributed by atoms with Crippen LogP contribution in [-0.2, 0) is 13.0 Å². The molecule has 24 heavy (non-hydrogen) atoms. The number of anilines is 1. The highest BCUT2D eigenvalue weighted by Crippen LogP contribution is 2.36. The molecule has 7 heteroatoms. The maximum atomic E-state index is 12.6. The van der Waals surface area contributed by atoms with E-state index in [1.165, 1.54) is 11.3 Å². The van der Waals surface area contributed by atoms with Crippen LogP contribution in [0.5, 0.6) is 0 Å². The summed E-state index contributed by atoms with van der Waals surface area (Å²) in [5.74, 6) is -0.743.